The average Bonchev–Trinajstić information content (AvgIpc) is 2.91. The van der Waals surface area contributed by atoms with E-state index >= 15 is 0 Å². The number of primary amides is 1. The standard InChI is InChI=1S/C9H10ClN3O/c10-8-3-6(5-1-2-5)7(11)4-13(8)9(12)14/h3-5H,1-2,11H2,(H-,12,14)/p+1. The monoisotopic (exact) mass is 212 g/mol. The third kappa shape index (κ3) is 1.53. The number of halogens is 1. The molecule has 74 valence electrons. The molecular formula is C9H11ClN3O+. The van der Waals surface area contributed by atoms with Crippen LogP contribution in [0, 0.1) is 0 Å². The largest absolute Gasteiger partial charge is 0.494 e. The van der Waals surface area contributed by atoms with Gasteiger partial charge in [0, 0.05) is 6.07 Å². The van der Waals surface area contributed by atoms with Gasteiger partial charge in [-0.25, -0.2) is 0 Å². The van der Waals surface area contributed by atoms with Crippen molar-refractivity contribution in [3.63, 3.8) is 0 Å². The van der Waals surface area contributed by atoms with E-state index in [-0.39, 0.29) is 0 Å². The lowest BCUT2D eigenvalue weighted by molar-refractivity contribution is -0.566. The number of amides is 1. The maximum Gasteiger partial charge on any atom is 0.494 e. The number of nitrogen functional groups attached to an aromatic ring is 1. The van der Waals surface area contributed by atoms with Crippen LogP contribution in [0.4, 0.5) is 10.5 Å². The first-order valence-electron chi connectivity index (χ1n) is 4.40. The van der Waals surface area contributed by atoms with Gasteiger partial charge in [0.05, 0.1) is 5.69 Å². The van der Waals surface area contributed by atoms with Crippen molar-refractivity contribution in [3.8, 4) is 0 Å². The van der Waals surface area contributed by atoms with Crippen molar-refractivity contribution in [2.24, 2.45) is 5.73 Å². The Morgan fingerprint density at radius 2 is 2.21 bits per heavy atom. The van der Waals surface area contributed by atoms with Gasteiger partial charge in [0.15, 0.2) is 0 Å². The molecule has 1 amide bonds. The van der Waals surface area contributed by atoms with E-state index in [1.54, 1.807) is 6.07 Å². The van der Waals surface area contributed by atoms with Gasteiger partial charge in [-0.1, -0.05) is 0 Å². The number of rotatable bonds is 1. The summed E-state index contributed by atoms with van der Waals surface area (Å²) in [5, 5.41) is 0.314. The molecule has 1 heterocycles. The lowest BCUT2D eigenvalue weighted by Gasteiger charge is -2.04. The fourth-order valence-corrected chi connectivity index (χ4v) is 1.72. The normalized spacial score (nSPS) is 15.5. The maximum atomic E-state index is 10.9. The van der Waals surface area contributed by atoms with Gasteiger partial charge in [-0.15, -0.1) is 0 Å². The van der Waals surface area contributed by atoms with Gasteiger partial charge in [-0.3, -0.25) is 5.73 Å². The number of hydrogen-bond donors (Lipinski definition) is 2. The van der Waals surface area contributed by atoms with Gasteiger partial charge < -0.3 is 5.73 Å². The minimum absolute atomic E-state index is 0.314. The average molecular weight is 213 g/mol. The summed E-state index contributed by atoms with van der Waals surface area (Å²) in [5.41, 5.74) is 12.5. The number of aromatic nitrogens is 1. The zero-order chi connectivity index (χ0) is 10.3. The highest BCUT2D eigenvalue weighted by atomic mass is 35.5. The van der Waals surface area contributed by atoms with Crippen LogP contribution in [0.25, 0.3) is 0 Å². The smallest absolute Gasteiger partial charge is 0.396 e. The second kappa shape index (κ2) is 3.13. The minimum atomic E-state index is -0.621. The van der Waals surface area contributed by atoms with E-state index in [1.807, 2.05) is 0 Å². The summed E-state index contributed by atoms with van der Waals surface area (Å²) in [6.45, 7) is 0. The maximum absolute atomic E-state index is 10.9. The van der Waals surface area contributed by atoms with E-state index in [1.165, 1.54) is 6.20 Å². The Balaban J connectivity index is 2.48. The number of carbonyl (C=O) groups is 1. The molecule has 0 aromatic carbocycles. The number of carbonyl (C=O) groups excluding carboxylic acids is 1. The molecule has 4 N–H and O–H groups in total. The van der Waals surface area contributed by atoms with Crippen LogP contribution < -0.4 is 16.0 Å². The van der Waals surface area contributed by atoms with E-state index in [0.717, 1.165) is 23.0 Å². The molecule has 0 spiro atoms. The van der Waals surface area contributed by atoms with Crippen LogP contribution >= 0.6 is 11.6 Å². The first-order valence-corrected chi connectivity index (χ1v) is 4.78. The zero-order valence-electron chi connectivity index (χ0n) is 7.53. The van der Waals surface area contributed by atoms with Gasteiger partial charge in [-0.05, 0) is 35.9 Å². The molecule has 0 bridgehead atoms. The van der Waals surface area contributed by atoms with Crippen molar-refractivity contribution < 1.29 is 9.36 Å². The van der Waals surface area contributed by atoms with E-state index < -0.39 is 6.03 Å². The molecule has 14 heavy (non-hydrogen) atoms. The first-order chi connectivity index (χ1) is 6.59. The highest BCUT2D eigenvalue weighted by molar-refractivity contribution is 6.28. The van der Waals surface area contributed by atoms with Crippen LogP contribution in [-0.4, -0.2) is 6.03 Å². The molecular weight excluding hydrogens is 202 g/mol. The molecule has 1 aliphatic carbocycles. The molecule has 1 aromatic heterocycles. The predicted molar refractivity (Wildman–Crippen MR) is 53.0 cm³/mol. The lowest BCUT2D eigenvalue weighted by atomic mass is 10.1. The van der Waals surface area contributed by atoms with E-state index in [2.05, 4.69) is 0 Å². The zero-order valence-corrected chi connectivity index (χ0v) is 8.29. The number of hydrogen-bond acceptors (Lipinski definition) is 2. The van der Waals surface area contributed by atoms with Gasteiger partial charge in [0.2, 0.25) is 5.15 Å². The minimum Gasteiger partial charge on any atom is -0.396 e. The van der Waals surface area contributed by atoms with Crippen molar-refractivity contribution in [2.45, 2.75) is 18.8 Å². The summed E-state index contributed by atoms with van der Waals surface area (Å²) in [7, 11) is 0. The summed E-state index contributed by atoms with van der Waals surface area (Å²) in [6, 6.07) is 1.10. The molecule has 0 atom stereocenters. The van der Waals surface area contributed by atoms with Gasteiger partial charge in [0.1, 0.15) is 6.20 Å². The number of nitrogens with two attached hydrogens (primary N) is 2. The van der Waals surface area contributed by atoms with Gasteiger partial charge >= 0.3 is 6.03 Å². The van der Waals surface area contributed by atoms with Crippen molar-refractivity contribution in [1.29, 1.82) is 0 Å². The Bertz CT molecular complexity index is 401. The molecule has 4 nitrogen and oxygen atoms in total. The van der Waals surface area contributed by atoms with E-state index in [4.69, 9.17) is 23.1 Å². The molecule has 5 heteroatoms. The molecule has 1 fully saturated rings. The second-order valence-corrected chi connectivity index (χ2v) is 3.88. The molecule has 1 saturated carbocycles. The Morgan fingerprint density at radius 1 is 1.57 bits per heavy atom. The van der Waals surface area contributed by atoms with Crippen molar-refractivity contribution >= 4 is 23.3 Å². The number of anilines is 1. The molecule has 0 aliphatic heterocycles. The summed E-state index contributed by atoms with van der Waals surface area (Å²) in [6.07, 6.45) is 3.76. The van der Waals surface area contributed by atoms with Crippen LogP contribution in [-0.2, 0) is 0 Å². The lowest BCUT2D eigenvalue weighted by Crippen LogP contribution is -2.48. The fourth-order valence-electron chi connectivity index (χ4n) is 1.47. The molecule has 0 unspecified atom stereocenters. The van der Waals surface area contributed by atoms with Crippen molar-refractivity contribution in [1.82, 2.24) is 0 Å². The number of nitrogens with zero attached hydrogens (tertiary/aromatic N) is 1. The van der Waals surface area contributed by atoms with Crippen LogP contribution in [0.2, 0.25) is 5.15 Å². The van der Waals surface area contributed by atoms with E-state index in [0.29, 0.717) is 16.8 Å². The Morgan fingerprint density at radius 3 is 2.71 bits per heavy atom. The molecule has 0 saturated heterocycles. The summed E-state index contributed by atoms with van der Waals surface area (Å²) >= 11 is 5.87. The van der Waals surface area contributed by atoms with Crippen molar-refractivity contribution in [2.75, 3.05) is 5.73 Å². The highest BCUT2D eigenvalue weighted by Gasteiger charge is 2.28. The van der Waals surface area contributed by atoms with Crippen LogP contribution in [0.5, 0.6) is 0 Å². The topological polar surface area (TPSA) is 73.0 Å². The highest BCUT2D eigenvalue weighted by Crippen LogP contribution is 2.42. The fraction of sp³-hybridized carbons (Fsp3) is 0.333. The quantitative estimate of drug-likeness (QED) is 0.539. The Labute approximate surface area is 86.5 Å². The predicted octanol–water partition coefficient (Wildman–Crippen LogP) is 1.01. The van der Waals surface area contributed by atoms with E-state index in [9.17, 15) is 4.79 Å². The SMILES string of the molecule is NC(=O)[n+]1cc(N)c(C2CC2)cc1Cl. The van der Waals surface area contributed by atoms with Crippen LogP contribution in [0.1, 0.15) is 24.3 Å². The summed E-state index contributed by atoms with van der Waals surface area (Å²) < 4.78 is 1.14. The van der Waals surface area contributed by atoms with Crippen LogP contribution in [0.3, 0.4) is 0 Å². The Hall–Kier alpha value is -1.29. The molecule has 0 radical (unpaired) electrons. The molecule has 2 rings (SSSR count). The Kier molecular flexibility index (Phi) is 2.07. The van der Waals surface area contributed by atoms with Gasteiger partial charge in [0.25, 0.3) is 0 Å². The third-order valence-electron chi connectivity index (χ3n) is 2.36. The summed E-state index contributed by atoms with van der Waals surface area (Å²) in [4.78, 5) is 10.9. The van der Waals surface area contributed by atoms with Crippen LogP contribution in [0.15, 0.2) is 12.3 Å². The molecule has 1 aliphatic rings. The first kappa shape index (κ1) is 9.27. The summed E-state index contributed by atoms with van der Waals surface area (Å²) in [5.74, 6) is 0.509. The molecule has 1 aromatic rings. The second-order valence-electron chi connectivity index (χ2n) is 3.49. The van der Waals surface area contributed by atoms with Gasteiger partial charge in [-0.2, -0.15) is 9.36 Å². The third-order valence-corrected chi connectivity index (χ3v) is 2.65. The van der Waals surface area contributed by atoms with Crippen molar-refractivity contribution in [3.05, 3.63) is 23.0 Å². The number of pyridine rings is 1.